The maximum atomic E-state index is 12.4. The maximum Gasteiger partial charge on any atom is 0.244 e. The second-order valence-electron chi connectivity index (χ2n) is 4.64. The van der Waals surface area contributed by atoms with Crippen LogP contribution in [0.2, 0.25) is 0 Å². The molecule has 0 unspecified atom stereocenters. The Bertz CT molecular complexity index is 695. The molecule has 2 N–H and O–H groups in total. The highest BCUT2D eigenvalue weighted by molar-refractivity contribution is 7.89. The second kappa shape index (κ2) is 6.73. The van der Waals surface area contributed by atoms with Gasteiger partial charge in [-0.1, -0.05) is 6.92 Å². The normalized spacial score (nSPS) is 11.5. The van der Waals surface area contributed by atoms with Gasteiger partial charge in [0.15, 0.2) is 0 Å². The van der Waals surface area contributed by atoms with Crippen molar-refractivity contribution < 1.29 is 12.8 Å². The molecule has 21 heavy (non-hydrogen) atoms. The Morgan fingerprint density at radius 2 is 2.10 bits per heavy atom. The fourth-order valence-corrected chi connectivity index (χ4v) is 2.94. The average molecular weight is 309 g/mol. The topological polar surface area (TPSA) is 84.2 Å². The zero-order chi connectivity index (χ0) is 15.3. The van der Waals surface area contributed by atoms with Gasteiger partial charge in [-0.05, 0) is 31.5 Å². The molecule has 0 aliphatic carbocycles. The van der Waals surface area contributed by atoms with Crippen LogP contribution < -0.4 is 10.0 Å². The lowest BCUT2D eigenvalue weighted by molar-refractivity contribution is 0.475. The van der Waals surface area contributed by atoms with Gasteiger partial charge >= 0.3 is 0 Å². The number of rotatable bonds is 7. The fourth-order valence-electron chi connectivity index (χ4n) is 1.82. The minimum absolute atomic E-state index is 0.109. The van der Waals surface area contributed by atoms with E-state index in [1.54, 1.807) is 24.4 Å². The van der Waals surface area contributed by atoms with E-state index in [-0.39, 0.29) is 11.4 Å². The van der Waals surface area contributed by atoms with E-state index in [0.29, 0.717) is 18.0 Å². The summed E-state index contributed by atoms with van der Waals surface area (Å²) in [4.78, 5) is 4.04. The van der Waals surface area contributed by atoms with Gasteiger partial charge in [0.1, 0.15) is 16.4 Å². The highest BCUT2D eigenvalue weighted by atomic mass is 32.2. The van der Waals surface area contributed by atoms with E-state index < -0.39 is 10.0 Å². The Morgan fingerprint density at radius 1 is 1.29 bits per heavy atom. The number of sulfonamides is 1. The molecule has 2 aromatic heterocycles. The number of hydrogen-bond acceptors (Lipinski definition) is 5. The Labute approximate surface area is 124 Å². The number of pyridine rings is 1. The van der Waals surface area contributed by atoms with Gasteiger partial charge in [0.2, 0.25) is 10.0 Å². The van der Waals surface area contributed by atoms with Crippen molar-refractivity contribution in [2.75, 3.05) is 11.9 Å². The van der Waals surface area contributed by atoms with Gasteiger partial charge in [0.25, 0.3) is 0 Å². The molecule has 6 nitrogen and oxygen atoms in total. The van der Waals surface area contributed by atoms with Crippen LogP contribution in [0.5, 0.6) is 0 Å². The van der Waals surface area contributed by atoms with Gasteiger partial charge in [0, 0.05) is 18.9 Å². The van der Waals surface area contributed by atoms with Crippen LogP contribution in [0.4, 0.5) is 5.69 Å². The molecule has 0 saturated carbocycles. The Hall–Kier alpha value is -1.86. The van der Waals surface area contributed by atoms with Crippen molar-refractivity contribution in [1.82, 2.24) is 9.71 Å². The molecule has 0 aliphatic rings. The lowest BCUT2D eigenvalue weighted by Gasteiger charge is -2.11. The molecule has 0 bridgehead atoms. The van der Waals surface area contributed by atoms with Gasteiger partial charge in [-0.15, -0.1) is 0 Å². The molecule has 0 aliphatic heterocycles. The van der Waals surface area contributed by atoms with E-state index >= 15 is 0 Å². The molecule has 2 heterocycles. The number of aryl methyl sites for hydroxylation is 1. The SMILES string of the molecule is CCCNc1ccncc1S(=O)(=O)NCc1ccc(C)o1. The number of nitrogens with zero attached hydrogens (tertiary/aromatic N) is 1. The van der Waals surface area contributed by atoms with E-state index in [1.807, 2.05) is 13.8 Å². The number of nitrogens with one attached hydrogen (secondary N) is 2. The first kappa shape index (κ1) is 15.5. The van der Waals surface area contributed by atoms with Crippen molar-refractivity contribution in [3.63, 3.8) is 0 Å². The smallest absolute Gasteiger partial charge is 0.244 e. The van der Waals surface area contributed by atoms with Crippen molar-refractivity contribution in [1.29, 1.82) is 0 Å². The number of aromatic nitrogens is 1. The van der Waals surface area contributed by atoms with Crippen LogP contribution in [0.15, 0.2) is 39.9 Å². The van der Waals surface area contributed by atoms with Crippen LogP contribution in [0.3, 0.4) is 0 Å². The van der Waals surface area contributed by atoms with Gasteiger partial charge in [-0.3, -0.25) is 4.98 Å². The monoisotopic (exact) mass is 309 g/mol. The minimum Gasteiger partial charge on any atom is -0.465 e. The first-order chi connectivity index (χ1) is 10.0. The van der Waals surface area contributed by atoms with E-state index in [0.717, 1.165) is 12.2 Å². The van der Waals surface area contributed by atoms with Gasteiger partial charge in [0.05, 0.1) is 12.2 Å². The van der Waals surface area contributed by atoms with E-state index in [1.165, 1.54) is 6.20 Å². The molecule has 0 atom stereocenters. The Kier molecular flexibility index (Phi) is 4.98. The molecule has 0 aromatic carbocycles. The van der Waals surface area contributed by atoms with E-state index in [2.05, 4.69) is 15.0 Å². The van der Waals surface area contributed by atoms with E-state index in [4.69, 9.17) is 4.42 Å². The molecular formula is C14H19N3O3S. The molecule has 7 heteroatoms. The van der Waals surface area contributed by atoms with Crippen molar-refractivity contribution in [3.05, 3.63) is 42.1 Å². The molecule has 0 fully saturated rings. The van der Waals surface area contributed by atoms with Crippen LogP contribution in [-0.4, -0.2) is 19.9 Å². The zero-order valence-corrected chi connectivity index (χ0v) is 12.9. The van der Waals surface area contributed by atoms with Crippen LogP contribution in [0.1, 0.15) is 24.9 Å². The van der Waals surface area contributed by atoms with E-state index in [9.17, 15) is 8.42 Å². The highest BCUT2D eigenvalue weighted by Gasteiger charge is 2.19. The van der Waals surface area contributed by atoms with Crippen molar-refractivity contribution in [3.8, 4) is 0 Å². The van der Waals surface area contributed by atoms with Gasteiger partial charge in [-0.25, -0.2) is 13.1 Å². The minimum atomic E-state index is -3.65. The Balaban J connectivity index is 2.15. The quantitative estimate of drug-likeness (QED) is 0.819. The standard InChI is InChI=1S/C14H19N3O3S/c1-3-7-16-13-6-8-15-10-14(13)21(18,19)17-9-12-5-4-11(2)20-12/h4-6,8,10,17H,3,7,9H2,1-2H3,(H,15,16). The van der Waals surface area contributed by atoms with Crippen LogP contribution in [-0.2, 0) is 16.6 Å². The summed E-state index contributed by atoms with van der Waals surface area (Å²) in [6.07, 6.45) is 3.81. The van der Waals surface area contributed by atoms with Gasteiger partial charge < -0.3 is 9.73 Å². The fraction of sp³-hybridized carbons (Fsp3) is 0.357. The molecule has 0 spiro atoms. The van der Waals surface area contributed by atoms with Gasteiger partial charge in [-0.2, -0.15) is 0 Å². The summed E-state index contributed by atoms with van der Waals surface area (Å²) in [6.45, 7) is 4.63. The number of hydrogen-bond donors (Lipinski definition) is 2. The summed E-state index contributed by atoms with van der Waals surface area (Å²) in [5.41, 5.74) is 0.551. The molecule has 0 saturated heterocycles. The Morgan fingerprint density at radius 3 is 2.76 bits per heavy atom. The summed E-state index contributed by atoms with van der Waals surface area (Å²) in [7, 11) is -3.65. The third-order valence-electron chi connectivity index (χ3n) is 2.87. The average Bonchev–Trinajstić information content (AvgIpc) is 2.89. The van der Waals surface area contributed by atoms with Crippen molar-refractivity contribution >= 4 is 15.7 Å². The van der Waals surface area contributed by atoms with Crippen LogP contribution >= 0.6 is 0 Å². The maximum absolute atomic E-state index is 12.4. The predicted molar refractivity (Wildman–Crippen MR) is 80.5 cm³/mol. The molecule has 2 aromatic rings. The van der Waals surface area contributed by atoms with Crippen molar-refractivity contribution in [2.24, 2.45) is 0 Å². The third kappa shape index (κ3) is 4.05. The molecule has 0 radical (unpaired) electrons. The molecule has 114 valence electrons. The number of furan rings is 1. The lowest BCUT2D eigenvalue weighted by Crippen LogP contribution is -2.24. The lowest BCUT2D eigenvalue weighted by atomic mass is 10.4. The first-order valence-electron chi connectivity index (χ1n) is 6.76. The summed E-state index contributed by atoms with van der Waals surface area (Å²) in [5.74, 6) is 1.32. The highest BCUT2D eigenvalue weighted by Crippen LogP contribution is 2.19. The van der Waals surface area contributed by atoms with Crippen LogP contribution in [0.25, 0.3) is 0 Å². The summed E-state index contributed by atoms with van der Waals surface area (Å²) in [5, 5.41) is 3.09. The summed E-state index contributed by atoms with van der Waals surface area (Å²) >= 11 is 0. The largest absolute Gasteiger partial charge is 0.465 e. The second-order valence-corrected chi connectivity index (χ2v) is 6.37. The predicted octanol–water partition coefficient (Wildman–Crippen LogP) is 2.28. The van der Waals surface area contributed by atoms with Crippen LogP contribution in [0, 0.1) is 6.92 Å². The van der Waals surface area contributed by atoms with Crippen molar-refractivity contribution in [2.45, 2.75) is 31.7 Å². The first-order valence-corrected chi connectivity index (χ1v) is 8.24. The third-order valence-corrected chi connectivity index (χ3v) is 4.30. The summed E-state index contributed by atoms with van der Waals surface area (Å²) in [6, 6.07) is 5.19. The molecule has 2 rings (SSSR count). The number of anilines is 1. The summed E-state index contributed by atoms with van der Waals surface area (Å²) < 4.78 is 32.6. The zero-order valence-electron chi connectivity index (χ0n) is 12.1. The molecular weight excluding hydrogens is 290 g/mol. The molecule has 0 amide bonds.